The molecule has 0 saturated carbocycles. The van der Waals surface area contributed by atoms with E-state index < -0.39 is 11.9 Å². The van der Waals surface area contributed by atoms with E-state index in [-0.39, 0.29) is 17.2 Å². The summed E-state index contributed by atoms with van der Waals surface area (Å²) < 4.78 is 1.72. The highest BCUT2D eigenvalue weighted by Gasteiger charge is 2.12. The van der Waals surface area contributed by atoms with Crippen LogP contribution in [0.1, 0.15) is 21.0 Å². The number of pyridine rings is 2. The Bertz CT molecular complexity index is 808. The number of rotatable bonds is 3. The van der Waals surface area contributed by atoms with E-state index in [2.05, 4.69) is 15.3 Å². The number of amides is 1. The second-order valence-corrected chi connectivity index (χ2v) is 4.26. The van der Waals surface area contributed by atoms with Crippen molar-refractivity contribution >= 4 is 23.3 Å². The Morgan fingerprint density at radius 2 is 1.90 bits per heavy atom. The van der Waals surface area contributed by atoms with Gasteiger partial charge in [-0.1, -0.05) is 12.1 Å². The van der Waals surface area contributed by atoms with Gasteiger partial charge in [0.15, 0.2) is 5.69 Å². The molecule has 3 heterocycles. The molecule has 0 radical (unpaired) electrons. The minimum Gasteiger partial charge on any atom is -0.477 e. The highest BCUT2D eigenvalue weighted by molar-refractivity contribution is 6.02. The van der Waals surface area contributed by atoms with Crippen molar-refractivity contribution in [1.29, 1.82) is 0 Å². The largest absolute Gasteiger partial charge is 0.477 e. The zero-order chi connectivity index (χ0) is 14.8. The van der Waals surface area contributed by atoms with Crippen molar-refractivity contribution in [1.82, 2.24) is 14.4 Å². The maximum atomic E-state index is 12.1. The van der Waals surface area contributed by atoms with E-state index in [4.69, 9.17) is 5.11 Å². The summed E-state index contributed by atoms with van der Waals surface area (Å²) in [6, 6.07) is 9.80. The quantitative estimate of drug-likeness (QED) is 0.761. The minimum absolute atomic E-state index is 0.136. The lowest BCUT2D eigenvalue weighted by molar-refractivity contribution is 0.0690. The number of carboxylic acids is 1. The first-order valence-electron chi connectivity index (χ1n) is 6.09. The number of aromatic nitrogens is 3. The number of anilines is 1. The maximum absolute atomic E-state index is 12.1. The summed E-state index contributed by atoms with van der Waals surface area (Å²) in [6.45, 7) is 0. The predicted octanol–water partition coefficient (Wildman–Crippen LogP) is 1.68. The minimum atomic E-state index is -1.15. The third-order valence-electron chi connectivity index (χ3n) is 2.81. The molecule has 1 amide bonds. The second-order valence-electron chi connectivity index (χ2n) is 4.26. The van der Waals surface area contributed by atoms with Crippen LogP contribution in [0.25, 0.3) is 5.65 Å². The van der Waals surface area contributed by atoms with E-state index >= 15 is 0 Å². The number of hydrogen-bond donors (Lipinski definition) is 2. The number of fused-ring (bicyclic) bond motifs is 1. The van der Waals surface area contributed by atoms with E-state index in [0.717, 1.165) is 0 Å². The van der Waals surface area contributed by atoms with Gasteiger partial charge in [0.05, 0.1) is 0 Å². The van der Waals surface area contributed by atoms with Crippen molar-refractivity contribution in [3.8, 4) is 0 Å². The first-order valence-corrected chi connectivity index (χ1v) is 6.09. The van der Waals surface area contributed by atoms with Gasteiger partial charge in [-0.3, -0.25) is 4.79 Å². The summed E-state index contributed by atoms with van der Waals surface area (Å²) in [6.07, 6.45) is 3.37. The van der Waals surface area contributed by atoms with Crippen molar-refractivity contribution in [2.75, 3.05) is 5.32 Å². The van der Waals surface area contributed by atoms with Gasteiger partial charge < -0.3 is 14.8 Å². The Hall–Kier alpha value is -3.22. The summed E-state index contributed by atoms with van der Waals surface area (Å²) in [5, 5.41) is 11.4. The number of carbonyl (C=O) groups is 2. The van der Waals surface area contributed by atoms with Crippen LogP contribution >= 0.6 is 0 Å². The molecule has 0 aliphatic carbocycles. The molecule has 21 heavy (non-hydrogen) atoms. The molecule has 0 aliphatic heterocycles. The topological polar surface area (TPSA) is 96.6 Å². The Balaban J connectivity index is 1.85. The van der Waals surface area contributed by atoms with Gasteiger partial charge in [0, 0.05) is 12.4 Å². The average Bonchev–Trinajstić information content (AvgIpc) is 2.91. The van der Waals surface area contributed by atoms with Crippen LogP contribution in [0.5, 0.6) is 0 Å². The molecular weight excluding hydrogens is 272 g/mol. The standard InChI is InChI=1S/C14H10N4O3/c19-13(10-8-18-7-2-1-6-12(18)16-10)17-11-5-3-4-9(15-11)14(20)21/h1-8H,(H,20,21)(H,15,17,19). The van der Waals surface area contributed by atoms with Crippen molar-refractivity contribution in [3.05, 3.63) is 60.2 Å². The molecule has 0 fully saturated rings. The van der Waals surface area contributed by atoms with Crippen LogP contribution < -0.4 is 5.32 Å². The van der Waals surface area contributed by atoms with Gasteiger partial charge in [-0.25, -0.2) is 14.8 Å². The smallest absolute Gasteiger partial charge is 0.354 e. The molecule has 0 aromatic carbocycles. The van der Waals surface area contributed by atoms with Gasteiger partial charge in [-0.15, -0.1) is 0 Å². The molecule has 0 unspecified atom stereocenters. The molecule has 7 nitrogen and oxygen atoms in total. The average molecular weight is 282 g/mol. The van der Waals surface area contributed by atoms with E-state index in [1.54, 1.807) is 22.9 Å². The van der Waals surface area contributed by atoms with Gasteiger partial charge in [0.2, 0.25) is 0 Å². The molecule has 0 atom stereocenters. The van der Waals surface area contributed by atoms with Gasteiger partial charge in [0.1, 0.15) is 17.2 Å². The summed E-state index contributed by atoms with van der Waals surface area (Å²) in [5.74, 6) is -1.44. The first kappa shape index (κ1) is 12.8. The molecule has 3 rings (SSSR count). The number of nitrogens with zero attached hydrogens (tertiary/aromatic N) is 3. The first-order chi connectivity index (χ1) is 10.1. The predicted molar refractivity (Wildman–Crippen MR) is 74.3 cm³/mol. The SMILES string of the molecule is O=C(O)c1cccc(NC(=O)c2cn3ccccc3n2)n1. The van der Waals surface area contributed by atoms with Crippen LogP contribution in [-0.2, 0) is 0 Å². The van der Waals surface area contributed by atoms with E-state index in [9.17, 15) is 9.59 Å². The molecule has 0 spiro atoms. The molecule has 2 N–H and O–H groups in total. The Morgan fingerprint density at radius 3 is 2.67 bits per heavy atom. The lowest BCUT2D eigenvalue weighted by atomic mass is 10.3. The number of aromatic carboxylic acids is 1. The van der Waals surface area contributed by atoms with Crippen LogP contribution in [0, 0.1) is 0 Å². The summed E-state index contributed by atoms with van der Waals surface area (Å²) >= 11 is 0. The molecule has 0 saturated heterocycles. The van der Waals surface area contributed by atoms with Crippen molar-refractivity contribution in [3.63, 3.8) is 0 Å². The van der Waals surface area contributed by atoms with Crippen LogP contribution in [-0.4, -0.2) is 31.4 Å². The molecule has 3 aromatic heterocycles. The Labute approximate surface area is 118 Å². The number of hydrogen-bond acceptors (Lipinski definition) is 4. The number of carbonyl (C=O) groups excluding carboxylic acids is 1. The van der Waals surface area contributed by atoms with Crippen molar-refractivity contribution in [2.24, 2.45) is 0 Å². The number of imidazole rings is 1. The lowest BCUT2D eigenvalue weighted by Crippen LogP contribution is -2.14. The fourth-order valence-corrected chi connectivity index (χ4v) is 1.85. The van der Waals surface area contributed by atoms with Gasteiger partial charge in [-0.05, 0) is 24.3 Å². The zero-order valence-electron chi connectivity index (χ0n) is 10.7. The normalized spacial score (nSPS) is 10.5. The van der Waals surface area contributed by atoms with E-state index in [1.807, 2.05) is 12.1 Å². The van der Waals surface area contributed by atoms with Crippen molar-refractivity contribution < 1.29 is 14.7 Å². The van der Waals surface area contributed by atoms with Gasteiger partial charge in [-0.2, -0.15) is 0 Å². The highest BCUT2D eigenvalue weighted by atomic mass is 16.4. The fraction of sp³-hybridized carbons (Fsp3) is 0. The van der Waals surface area contributed by atoms with Crippen LogP contribution in [0.15, 0.2) is 48.8 Å². The molecule has 0 bridgehead atoms. The molecule has 104 valence electrons. The maximum Gasteiger partial charge on any atom is 0.354 e. The monoisotopic (exact) mass is 282 g/mol. The highest BCUT2D eigenvalue weighted by Crippen LogP contribution is 2.09. The lowest BCUT2D eigenvalue weighted by Gasteiger charge is -2.02. The summed E-state index contributed by atoms with van der Waals surface area (Å²) in [7, 11) is 0. The Morgan fingerprint density at radius 1 is 1.05 bits per heavy atom. The fourth-order valence-electron chi connectivity index (χ4n) is 1.85. The summed E-state index contributed by atoms with van der Waals surface area (Å²) in [4.78, 5) is 30.9. The van der Waals surface area contributed by atoms with Gasteiger partial charge >= 0.3 is 5.97 Å². The summed E-state index contributed by atoms with van der Waals surface area (Å²) in [5.41, 5.74) is 0.737. The van der Waals surface area contributed by atoms with E-state index in [1.165, 1.54) is 18.2 Å². The zero-order valence-corrected chi connectivity index (χ0v) is 10.7. The number of nitrogens with one attached hydrogen (secondary N) is 1. The third-order valence-corrected chi connectivity index (χ3v) is 2.81. The molecule has 3 aromatic rings. The molecule has 7 heteroatoms. The molecular formula is C14H10N4O3. The van der Waals surface area contributed by atoms with E-state index in [0.29, 0.717) is 5.65 Å². The molecule has 0 aliphatic rings. The van der Waals surface area contributed by atoms with Crippen molar-refractivity contribution in [2.45, 2.75) is 0 Å². The Kier molecular flexibility index (Phi) is 3.07. The third kappa shape index (κ3) is 2.57. The second kappa shape index (κ2) is 5.04. The van der Waals surface area contributed by atoms with Crippen LogP contribution in [0.4, 0.5) is 5.82 Å². The van der Waals surface area contributed by atoms with Crippen LogP contribution in [0.2, 0.25) is 0 Å². The van der Waals surface area contributed by atoms with Gasteiger partial charge in [0.25, 0.3) is 5.91 Å². The number of carboxylic acid groups (broad SMARTS) is 1. The van der Waals surface area contributed by atoms with Crippen LogP contribution in [0.3, 0.4) is 0 Å².